The van der Waals surface area contributed by atoms with Crippen LogP contribution in [-0.4, -0.2) is 15.8 Å². The van der Waals surface area contributed by atoms with Crippen molar-refractivity contribution < 1.29 is 4.79 Å². The Balaban J connectivity index is 2.12. The zero-order chi connectivity index (χ0) is 10.5. The molecule has 0 N–H and O–H groups in total. The van der Waals surface area contributed by atoms with Gasteiger partial charge in [-0.15, -0.1) is 0 Å². The van der Waals surface area contributed by atoms with Gasteiger partial charge >= 0.3 is 0 Å². The Bertz CT molecular complexity index is 440. The van der Waals surface area contributed by atoms with E-state index >= 15 is 0 Å². The molecule has 0 aromatic carbocycles. The predicted octanol–water partition coefficient (Wildman–Crippen LogP) is 1.90. The normalized spacial score (nSPS) is 9.87. The lowest BCUT2D eigenvalue weighted by atomic mass is 10.1. The van der Waals surface area contributed by atoms with E-state index in [1.54, 1.807) is 30.7 Å². The number of pyridine rings is 2. The van der Waals surface area contributed by atoms with Gasteiger partial charge in [0.05, 0.1) is 6.42 Å². The van der Waals surface area contributed by atoms with Crippen LogP contribution < -0.4 is 0 Å². The molecule has 0 unspecified atom stereocenters. The molecule has 3 heteroatoms. The third kappa shape index (κ3) is 2.47. The molecule has 0 aliphatic rings. The molecule has 0 saturated carbocycles. The Hall–Kier alpha value is -2.03. The van der Waals surface area contributed by atoms with Gasteiger partial charge in [0.15, 0.2) is 5.78 Å². The topological polar surface area (TPSA) is 42.9 Å². The van der Waals surface area contributed by atoms with Crippen molar-refractivity contribution in [1.29, 1.82) is 0 Å². The average Bonchev–Trinajstić information content (AvgIpc) is 2.31. The molecule has 0 aliphatic heterocycles. The number of rotatable bonds is 3. The molecule has 0 spiro atoms. The molecule has 2 aromatic heterocycles. The second kappa shape index (κ2) is 4.46. The summed E-state index contributed by atoms with van der Waals surface area (Å²) < 4.78 is 0. The minimum Gasteiger partial charge on any atom is -0.294 e. The minimum absolute atomic E-state index is 0.0433. The Morgan fingerprint density at radius 1 is 1.13 bits per heavy atom. The highest BCUT2D eigenvalue weighted by molar-refractivity contribution is 5.96. The molecule has 2 rings (SSSR count). The van der Waals surface area contributed by atoms with Crippen molar-refractivity contribution in [3.05, 3.63) is 60.2 Å². The van der Waals surface area contributed by atoms with E-state index in [9.17, 15) is 4.79 Å². The molecule has 0 saturated heterocycles. The second-order valence-electron chi connectivity index (χ2n) is 3.16. The summed E-state index contributed by atoms with van der Waals surface area (Å²) in [5, 5.41) is 0. The van der Waals surface area contributed by atoms with Crippen molar-refractivity contribution in [1.82, 2.24) is 9.97 Å². The summed E-state index contributed by atoms with van der Waals surface area (Å²) in [6, 6.07) is 9.06. The van der Waals surface area contributed by atoms with Gasteiger partial charge in [-0.25, -0.2) is 0 Å². The SMILES string of the molecule is O=C(Cc1ccccn1)c1cccnc1. The van der Waals surface area contributed by atoms with E-state index in [4.69, 9.17) is 0 Å². The molecule has 2 heterocycles. The summed E-state index contributed by atoms with van der Waals surface area (Å²) in [5.41, 5.74) is 1.41. The summed E-state index contributed by atoms with van der Waals surface area (Å²) in [7, 11) is 0. The summed E-state index contributed by atoms with van der Waals surface area (Å²) >= 11 is 0. The number of hydrogen-bond donors (Lipinski definition) is 0. The number of ketones is 1. The maximum Gasteiger partial charge on any atom is 0.170 e. The van der Waals surface area contributed by atoms with Gasteiger partial charge in [0.2, 0.25) is 0 Å². The number of carbonyl (C=O) groups excluding carboxylic acids is 1. The van der Waals surface area contributed by atoms with Crippen LogP contribution in [0.3, 0.4) is 0 Å². The first-order chi connectivity index (χ1) is 7.36. The maximum absolute atomic E-state index is 11.7. The van der Waals surface area contributed by atoms with Gasteiger partial charge in [-0.2, -0.15) is 0 Å². The van der Waals surface area contributed by atoms with E-state index in [0.29, 0.717) is 12.0 Å². The van der Waals surface area contributed by atoms with Gasteiger partial charge in [0.1, 0.15) is 0 Å². The highest BCUT2D eigenvalue weighted by atomic mass is 16.1. The van der Waals surface area contributed by atoms with Crippen LogP contribution in [0.25, 0.3) is 0 Å². The van der Waals surface area contributed by atoms with Crippen LogP contribution in [0, 0.1) is 0 Å². The number of Topliss-reactive ketones (excluding diaryl/α,β-unsaturated/α-hetero) is 1. The summed E-state index contributed by atoms with van der Waals surface area (Å²) in [6.45, 7) is 0. The number of nitrogens with zero attached hydrogens (tertiary/aromatic N) is 2. The monoisotopic (exact) mass is 198 g/mol. The Kier molecular flexibility index (Phi) is 2.83. The maximum atomic E-state index is 11.7. The highest BCUT2D eigenvalue weighted by Crippen LogP contribution is 2.03. The highest BCUT2D eigenvalue weighted by Gasteiger charge is 2.06. The van der Waals surface area contributed by atoms with Crippen LogP contribution in [0.15, 0.2) is 48.9 Å². The quantitative estimate of drug-likeness (QED) is 0.707. The van der Waals surface area contributed by atoms with Crippen LogP contribution in [-0.2, 0) is 6.42 Å². The molecule has 0 fully saturated rings. The van der Waals surface area contributed by atoms with E-state index in [-0.39, 0.29) is 5.78 Å². The minimum atomic E-state index is 0.0433. The summed E-state index contributed by atoms with van der Waals surface area (Å²) in [6.07, 6.45) is 5.24. The third-order valence-corrected chi connectivity index (χ3v) is 2.05. The number of aromatic nitrogens is 2. The lowest BCUT2D eigenvalue weighted by Gasteiger charge is -1.99. The van der Waals surface area contributed by atoms with Gasteiger partial charge in [-0.1, -0.05) is 6.07 Å². The fourth-order valence-corrected chi connectivity index (χ4v) is 1.30. The average molecular weight is 198 g/mol. The van der Waals surface area contributed by atoms with Crippen LogP contribution >= 0.6 is 0 Å². The van der Waals surface area contributed by atoms with Crippen LogP contribution in [0.4, 0.5) is 0 Å². The van der Waals surface area contributed by atoms with E-state index in [2.05, 4.69) is 9.97 Å². The molecule has 0 atom stereocenters. The standard InChI is InChI=1S/C12H10N2O/c15-12(10-4-3-6-13-9-10)8-11-5-1-2-7-14-11/h1-7,9H,8H2. The zero-order valence-electron chi connectivity index (χ0n) is 8.13. The van der Waals surface area contributed by atoms with Gasteiger partial charge in [0.25, 0.3) is 0 Å². The largest absolute Gasteiger partial charge is 0.294 e. The second-order valence-corrected chi connectivity index (χ2v) is 3.16. The van der Waals surface area contributed by atoms with Crippen LogP contribution in [0.1, 0.15) is 16.1 Å². The van der Waals surface area contributed by atoms with Crippen molar-refractivity contribution >= 4 is 5.78 Å². The first-order valence-electron chi connectivity index (χ1n) is 4.69. The van der Waals surface area contributed by atoms with Crippen molar-refractivity contribution in [2.75, 3.05) is 0 Å². The van der Waals surface area contributed by atoms with Gasteiger partial charge in [-0.3, -0.25) is 14.8 Å². The molecule has 3 nitrogen and oxygen atoms in total. The molecule has 0 radical (unpaired) electrons. The van der Waals surface area contributed by atoms with Crippen molar-refractivity contribution in [3.63, 3.8) is 0 Å². The van der Waals surface area contributed by atoms with Crippen LogP contribution in [0.5, 0.6) is 0 Å². The van der Waals surface area contributed by atoms with Gasteiger partial charge in [0, 0.05) is 29.8 Å². The summed E-state index contributed by atoms with van der Waals surface area (Å²) in [5.74, 6) is 0.0433. The smallest absolute Gasteiger partial charge is 0.170 e. The van der Waals surface area contributed by atoms with Crippen molar-refractivity contribution in [2.24, 2.45) is 0 Å². The van der Waals surface area contributed by atoms with Gasteiger partial charge in [-0.05, 0) is 24.3 Å². The lowest BCUT2D eigenvalue weighted by molar-refractivity contribution is 0.0991. The summed E-state index contributed by atoms with van der Waals surface area (Å²) in [4.78, 5) is 19.7. The molecular weight excluding hydrogens is 188 g/mol. The molecule has 0 amide bonds. The number of carbonyl (C=O) groups is 1. The van der Waals surface area contributed by atoms with Gasteiger partial charge < -0.3 is 0 Å². The molecule has 15 heavy (non-hydrogen) atoms. The Morgan fingerprint density at radius 2 is 2.07 bits per heavy atom. The van der Waals surface area contributed by atoms with Crippen molar-refractivity contribution in [3.8, 4) is 0 Å². The first kappa shape index (κ1) is 9.52. The van der Waals surface area contributed by atoms with Crippen molar-refractivity contribution in [2.45, 2.75) is 6.42 Å². The van der Waals surface area contributed by atoms with E-state index in [1.165, 1.54) is 0 Å². The van der Waals surface area contributed by atoms with E-state index in [1.807, 2.05) is 18.2 Å². The fraction of sp³-hybridized carbons (Fsp3) is 0.0833. The van der Waals surface area contributed by atoms with E-state index < -0.39 is 0 Å². The first-order valence-corrected chi connectivity index (χ1v) is 4.69. The number of hydrogen-bond acceptors (Lipinski definition) is 3. The Morgan fingerprint density at radius 3 is 2.73 bits per heavy atom. The van der Waals surface area contributed by atoms with Crippen LogP contribution in [0.2, 0.25) is 0 Å². The molecule has 74 valence electrons. The fourth-order valence-electron chi connectivity index (χ4n) is 1.30. The predicted molar refractivity (Wildman–Crippen MR) is 56.5 cm³/mol. The molecule has 0 aliphatic carbocycles. The zero-order valence-corrected chi connectivity index (χ0v) is 8.13. The molecule has 2 aromatic rings. The van der Waals surface area contributed by atoms with E-state index in [0.717, 1.165) is 5.69 Å². The Labute approximate surface area is 87.8 Å². The lowest BCUT2D eigenvalue weighted by Crippen LogP contribution is -2.04. The molecule has 0 bridgehead atoms. The third-order valence-electron chi connectivity index (χ3n) is 2.05. The molecular formula is C12H10N2O.